The Morgan fingerprint density at radius 1 is 1.16 bits per heavy atom. The summed E-state index contributed by atoms with van der Waals surface area (Å²) in [5, 5.41) is 0. The summed E-state index contributed by atoms with van der Waals surface area (Å²) >= 11 is 0. The number of nitrogens with zero attached hydrogens (tertiary/aromatic N) is 1. The molecular formula is C25H27NO6. The van der Waals surface area contributed by atoms with E-state index in [4.69, 9.17) is 18.9 Å². The third-order valence-corrected chi connectivity index (χ3v) is 5.88. The first-order chi connectivity index (χ1) is 15.5. The molecule has 2 aliphatic rings. The second-order valence-electron chi connectivity index (χ2n) is 7.96. The zero-order chi connectivity index (χ0) is 22.6. The van der Waals surface area contributed by atoms with Crippen LogP contribution in [0.15, 0.2) is 55.1 Å². The van der Waals surface area contributed by atoms with Crippen LogP contribution >= 0.6 is 0 Å². The fourth-order valence-electron chi connectivity index (χ4n) is 4.11. The van der Waals surface area contributed by atoms with E-state index >= 15 is 0 Å². The second kappa shape index (κ2) is 9.34. The summed E-state index contributed by atoms with van der Waals surface area (Å²) in [6.45, 7) is 4.92. The molecule has 0 bridgehead atoms. The molecular weight excluding hydrogens is 410 g/mol. The van der Waals surface area contributed by atoms with E-state index in [0.29, 0.717) is 67.5 Å². The molecule has 2 heterocycles. The number of para-hydroxylation sites is 2. The topological polar surface area (TPSA) is 74.3 Å². The lowest BCUT2D eigenvalue weighted by atomic mass is 9.82. The summed E-state index contributed by atoms with van der Waals surface area (Å²) in [6, 6.07) is 12.5. The van der Waals surface area contributed by atoms with Gasteiger partial charge in [0.25, 0.3) is 5.91 Å². The largest absolute Gasteiger partial charge is 0.497 e. The Morgan fingerprint density at radius 3 is 2.56 bits per heavy atom. The number of benzene rings is 2. The van der Waals surface area contributed by atoms with Gasteiger partial charge in [0.1, 0.15) is 23.7 Å². The standard InChI is InChI=1S/C25H27NO6/c1-3-14-30-21-6-4-5-7-22(21)31-17-24(28)26-12-10-25(11-13-26)16-20(27)19-9-8-18(29-2)15-23(19)32-25/h3-9,15H,1,10-14,16-17H2,2H3. The number of hydrogen-bond acceptors (Lipinski definition) is 6. The first-order valence-electron chi connectivity index (χ1n) is 10.7. The number of methoxy groups -OCH3 is 1. The minimum absolute atomic E-state index is 0.0631. The molecule has 4 rings (SSSR count). The quantitative estimate of drug-likeness (QED) is 0.616. The second-order valence-corrected chi connectivity index (χ2v) is 7.96. The van der Waals surface area contributed by atoms with Gasteiger partial charge in [-0.05, 0) is 24.3 Å². The highest BCUT2D eigenvalue weighted by atomic mass is 16.5. The number of amides is 1. The fraction of sp³-hybridized carbons (Fsp3) is 0.360. The van der Waals surface area contributed by atoms with Crippen molar-refractivity contribution in [3.05, 3.63) is 60.7 Å². The number of ether oxygens (including phenoxy) is 4. The molecule has 1 saturated heterocycles. The van der Waals surface area contributed by atoms with Crippen LogP contribution in [0, 0.1) is 0 Å². The molecule has 7 nitrogen and oxygen atoms in total. The van der Waals surface area contributed by atoms with Crippen LogP contribution in [0.5, 0.6) is 23.0 Å². The van der Waals surface area contributed by atoms with Gasteiger partial charge in [0.2, 0.25) is 0 Å². The number of carbonyl (C=O) groups excluding carboxylic acids is 2. The van der Waals surface area contributed by atoms with E-state index in [9.17, 15) is 9.59 Å². The van der Waals surface area contributed by atoms with Gasteiger partial charge in [0, 0.05) is 32.0 Å². The van der Waals surface area contributed by atoms with Crippen molar-refractivity contribution in [3.8, 4) is 23.0 Å². The van der Waals surface area contributed by atoms with Crippen LogP contribution < -0.4 is 18.9 Å². The minimum atomic E-state index is -0.584. The maximum absolute atomic E-state index is 12.7. The van der Waals surface area contributed by atoms with Crippen LogP contribution in [0.25, 0.3) is 0 Å². The van der Waals surface area contributed by atoms with Crippen molar-refractivity contribution in [1.82, 2.24) is 4.90 Å². The molecule has 2 aromatic carbocycles. The summed E-state index contributed by atoms with van der Waals surface area (Å²) in [7, 11) is 1.58. The molecule has 0 atom stereocenters. The lowest BCUT2D eigenvalue weighted by Crippen LogP contribution is -2.53. The van der Waals surface area contributed by atoms with Crippen molar-refractivity contribution in [3.63, 3.8) is 0 Å². The molecule has 0 aromatic heterocycles. The minimum Gasteiger partial charge on any atom is -0.497 e. The first-order valence-corrected chi connectivity index (χ1v) is 10.7. The van der Waals surface area contributed by atoms with Gasteiger partial charge in [-0.25, -0.2) is 0 Å². The number of carbonyl (C=O) groups is 2. The van der Waals surface area contributed by atoms with Crippen molar-refractivity contribution in [1.29, 1.82) is 0 Å². The molecule has 1 amide bonds. The number of Topliss-reactive ketones (excluding diaryl/α,β-unsaturated/α-hetero) is 1. The van der Waals surface area contributed by atoms with Crippen LogP contribution in [0.4, 0.5) is 0 Å². The monoisotopic (exact) mass is 437 g/mol. The number of fused-ring (bicyclic) bond motifs is 1. The average molecular weight is 437 g/mol. The van der Waals surface area contributed by atoms with Crippen LogP contribution in [-0.4, -0.2) is 55.6 Å². The summed E-state index contributed by atoms with van der Waals surface area (Å²) in [5.74, 6) is 2.25. The van der Waals surface area contributed by atoms with Crippen LogP contribution in [0.3, 0.4) is 0 Å². The normalized spacial score (nSPS) is 16.7. The molecule has 1 fully saturated rings. The van der Waals surface area contributed by atoms with E-state index in [2.05, 4.69) is 6.58 Å². The van der Waals surface area contributed by atoms with Gasteiger partial charge in [0.05, 0.1) is 19.1 Å². The van der Waals surface area contributed by atoms with Crippen LogP contribution in [0.2, 0.25) is 0 Å². The number of rotatable bonds is 7. The Kier molecular flexibility index (Phi) is 6.35. The molecule has 7 heteroatoms. The van der Waals surface area contributed by atoms with Gasteiger partial charge in [-0.15, -0.1) is 0 Å². The number of likely N-dealkylation sites (tertiary alicyclic amines) is 1. The Hall–Kier alpha value is -3.48. The predicted octanol–water partition coefficient (Wildman–Crippen LogP) is 3.67. The first kappa shape index (κ1) is 21.7. The van der Waals surface area contributed by atoms with Gasteiger partial charge in [-0.3, -0.25) is 9.59 Å². The van der Waals surface area contributed by atoms with Gasteiger partial charge in [-0.1, -0.05) is 24.8 Å². The van der Waals surface area contributed by atoms with Gasteiger partial charge in [-0.2, -0.15) is 0 Å². The summed E-state index contributed by atoms with van der Waals surface area (Å²) in [6.07, 6.45) is 3.14. The third kappa shape index (κ3) is 4.56. The van der Waals surface area contributed by atoms with E-state index in [1.807, 2.05) is 12.1 Å². The summed E-state index contributed by atoms with van der Waals surface area (Å²) in [5.41, 5.74) is -0.000161. The van der Waals surface area contributed by atoms with Crippen molar-refractivity contribution in [2.75, 3.05) is 33.4 Å². The van der Waals surface area contributed by atoms with Crippen LogP contribution in [-0.2, 0) is 4.79 Å². The fourth-order valence-corrected chi connectivity index (χ4v) is 4.11. The third-order valence-electron chi connectivity index (χ3n) is 5.88. The number of piperidine rings is 1. The van der Waals surface area contributed by atoms with Gasteiger partial charge in [0.15, 0.2) is 23.9 Å². The zero-order valence-corrected chi connectivity index (χ0v) is 18.2. The Bertz CT molecular complexity index is 1010. The lowest BCUT2D eigenvalue weighted by Gasteiger charge is -2.43. The van der Waals surface area contributed by atoms with E-state index < -0.39 is 5.60 Å². The molecule has 32 heavy (non-hydrogen) atoms. The molecule has 0 unspecified atom stereocenters. The van der Waals surface area contributed by atoms with Gasteiger partial charge >= 0.3 is 0 Å². The summed E-state index contributed by atoms with van der Waals surface area (Å²) in [4.78, 5) is 27.2. The van der Waals surface area contributed by atoms with E-state index in [1.165, 1.54) is 0 Å². The van der Waals surface area contributed by atoms with Crippen LogP contribution in [0.1, 0.15) is 29.6 Å². The molecule has 168 valence electrons. The van der Waals surface area contributed by atoms with Crippen molar-refractivity contribution >= 4 is 11.7 Å². The SMILES string of the molecule is C=CCOc1ccccc1OCC(=O)N1CCC2(CC1)CC(=O)c1ccc(OC)cc1O2. The number of hydrogen-bond donors (Lipinski definition) is 0. The average Bonchev–Trinajstić information content (AvgIpc) is 2.81. The van der Waals surface area contributed by atoms with Gasteiger partial charge < -0.3 is 23.8 Å². The summed E-state index contributed by atoms with van der Waals surface area (Å²) < 4.78 is 22.8. The van der Waals surface area contributed by atoms with E-state index in [-0.39, 0.29) is 18.3 Å². The molecule has 0 saturated carbocycles. The smallest absolute Gasteiger partial charge is 0.260 e. The zero-order valence-electron chi connectivity index (χ0n) is 18.2. The Morgan fingerprint density at radius 2 is 1.88 bits per heavy atom. The maximum atomic E-state index is 12.7. The highest BCUT2D eigenvalue weighted by Gasteiger charge is 2.43. The predicted molar refractivity (Wildman–Crippen MR) is 119 cm³/mol. The Balaban J connectivity index is 1.35. The molecule has 2 aromatic rings. The van der Waals surface area contributed by atoms with Crippen molar-refractivity contribution in [2.24, 2.45) is 0 Å². The molecule has 0 aliphatic carbocycles. The van der Waals surface area contributed by atoms with Crippen molar-refractivity contribution in [2.45, 2.75) is 24.9 Å². The highest BCUT2D eigenvalue weighted by molar-refractivity contribution is 6.00. The molecule has 1 spiro atoms. The Labute approximate surface area is 187 Å². The van der Waals surface area contributed by atoms with E-state index in [0.717, 1.165) is 0 Å². The maximum Gasteiger partial charge on any atom is 0.260 e. The number of ketones is 1. The van der Waals surface area contributed by atoms with E-state index in [1.54, 1.807) is 48.4 Å². The molecule has 0 N–H and O–H groups in total. The van der Waals surface area contributed by atoms with Crippen molar-refractivity contribution < 1.29 is 28.5 Å². The highest BCUT2D eigenvalue weighted by Crippen LogP contribution is 2.40. The molecule has 2 aliphatic heterocycles. The molecule has 0 radical (unpaired) electrons. The lowest BCUT2D eigenvalue weighted by molar-refractivity contribution is -0.136.